The molecule has 0 aromatic carbocycles. The van der Waals surface area contributed by atoms with Gasteiger partial charge in [0, 0.05) is 4.91 Å². The molecule has 5 heavy (non-hydrogen) atoms. The van der Waals surface area contributed by atoms with Crippen LogP contribution in [0.5, 0.6) is 0 Å². The topological polar surface area (TPSA) is 0 Å². The monoisotopic (exact) mass is 91.0 g/mol. The molecule has 0 saturated heterocycles. The van der Waals surface area contributed by atoms with Gasteiger partial charge in [0.2, 0.25) is 0 Å². The number of halogens is 1. The van der Waals surface area contributed by atoms with Crippen LogP contribution in [0.2, 0.25) is 0 Å². The van der Waals surface area contributed by atoms with Crippen molar-refractivity contribution >= 4 is 12.6 Å². The molecule has 1 radical (unpaired) electrons. The highest BCUT2D eigenvalue weighted by Crippen LogP contribution is 1.92. The van der Waals surface area contributed by atoms with Crippen LogP contribution in [0.25, 0.3) is 0 Å². The molecule has 0 nitrogen and oxygen atoms in total. The molecule has 0 N–H and O–H groups in total. The van der Waals surface area contributed by atoms with Crippen LogP contribution in [-0.2, 0) is 0 Å². The fourth-order valence-corrected chi connectivity index (χ4v) is 0. The highest BCUT2D eigenvalue weighted by molar-refractivity contribution is 7.84. The van der Waals surface area contributed by atoms with Crippen LogP contribution in [0.3, 0.4) is 0 Å². The summed E-state index contributed by atoms with van der Waals surface area (Å²) >= 11 is 4.21. The van der Waals surface area contributed by atoms with E-state index in [4.69, 9.17) is 0 Å². The lowest BCUT2D eigenvalue weighted by Gasteiger charge is -1.72. The van der Waals surface area contributed by atoms with Gasteiger partial charge in [0.05, 0.1) is 0 Å². The molecule has 0 heterocycles. The van der Waals surface area contributed by atoms with E-state index in [9.17, 15) is 4.39 Å². The van der Waals surface area contributed by atoms with Crippen LogP contribution in [-0.4, -0.2) is 6.67 Å². The van der Waals surface area contributed by atoms with E-state index in [-0.39, 0.29) is 4.91 Å². The van der Waals surface area contributed by atoms with Crippen molar-refractivity contribution in [3.63, 3.8) is 0 Å². The van der Waals surface area contributed by atoms with Crippen LogP contribution >= 0.6 is 12.6 Å². The van der Waals surface area contributed by atoms with Gasteiger partial charge in [-0.3, -0.25) is 0 Å². The van der Waals surface area contributed by atoms with E-state index < -0.39 is 6.67 Å². The molecule has 0 rings (SSSR count). The lowest BCUT2D eigenvalue weighted by atomic mass is 10.7. The molecule has 0 aliphatic rings. The second-order valence-corrected chi connectivity index (χ2v) is 1.25. The average molecular weight is 91.1 g/mol. The highest BCUT2D eigenvalue weighted by Gasteiger charge is 1.75. The first kappa shape index (κ1) is 4.89. The Balaban J connectivity index is 2.85. The summed E-state index contributed by atoms with van der Waals surface area (Å²) in [5.74, 6) is 0. The summed E-state index contributed by atoms with van der Waals surface area (Å²) in [5.41, 5.74) is 0. The van der Waals surface area contributed by atoms with Crippen LogP contribution in [0.4, 0.5) is 4.39 Å². The number of alkyl halides is 1. The Labute approximate surface area is 36.1 Å². The van der Waals surface area contributed by atoms with Gasteiger partial charge in [-0.25, -0.2) is 4.39 Å². The quantitative estimate of drug-likeness (QED) is 0.460. The summed E-state index contributed by atoms with van der Waals surface area (Å²) < 4.78 is 10.9. The summed E-state index contributed by atoms with van der Waals surface area (Å²) in [7, 11) is 0. The van der Waals surface area contributed by atoms with Crippen LogP contribution in [0.1, 0.15) is 0 Å². The van der Waals surface area contributed by atoms with E-state index in [0.717, 1.165) is 0 Å². The Morgan fingerprint density at radius 3 is 2.20 bits per heavy atom. The van der Waals surface area contributed by atoms with Crippen LogP contribution in [0, 0.1) is 0 Å². The first-order chi connectivity index (χ1) is 2.27. The van der Waals surface area contributed by atoms with E-state index in [2.05, 4.69) is 19.2 Å². The Morgan fingerprint density at radius 2 is 2.20 bits per heavy atom. The number of hydrogen-bond acceptors (Lipinski definition) is 0. The molecular weight excluding hydrogens is 87.1 g/mol. The molecule has 0 saturated carbocycles. The van der Waals surface area contributed by atoms with Gasteiger partial charge in [0.25, 0.3) is 0 Å². The summed E-state index contributed by atoms with van der Waals surface area (Å²) in [6, 6.07) is 0. The van der Waals surface area contributed by atoms with Crippen molar-refractivity contribution in [3.8, 4) is 0 Å². The normalized spacial score (nSPS) is 7.40. The molecule has 29 valence electrons. The Hall–Kier alpha value is -0.110. The third-order valence-electron chi connectivity index (χ3n) is 0.149. The molecule has 0 spiro atoms. The lowest BCUT2D eigenvalue weighted by Crippen LogP contribution is -1.63. The van der Waals surface area contributed by atoms with Crippen molar-refractivity contribution in [2.45, 2.75) is 0 Å². The summed E-state index contributed by atoms with van der Waals surface area (Å²) in [4.78, 5) is 0.171. The van der Waals surface area contributed by atoms with Gasteiger partial charge in [0.1, 0.15) is 6.67 Å². The molecule has 0 aliphatic heterocycles. The minimum Gasteiger partial charge on any atom is -0.245 e. The summed E-state index contributed by atoms with van der Waals surface area (Å²) in [6.45, 7) is 2.54. The number of hydrogen-bond donors (Lipinski definition) is 0. The van der Waals surface area contributed by atoms with Crippen LogP contribution in [0.15, 0.2) is 11.5 Å². The van der Waals surface area contributed by atoms with Crippen molar-refractivity contribution in [1.82, 2.24) is 0 Å². The van der Waals surface area contributed by atoms with Gasteiger partial charge in [0.15, 0.2) is 0 Å². The molecular formula is C3H4FS. The maximum Gasteiger partial charge on any atom is 0.124 e. The van der Waals surface area contributed by atoms with Gasteiger partial charge in [-0.15, -0.1) is 0 Å². The zero-order valence-electron chi connectivity index (χ0n) is 2.70. The fraction of sp³-hybridized carbons (Fsp3) is 0.333. The average Bonchev–Trinajstić information content (AvgIpc) is 1.38. The molecule has 0 amide bonds. The first-order valence-electron chi connectivity index (χ1n) is 1.18. The Morgan fingerprint density at radius 1 is 2.00 bits per heavy atom. The SMILES string of the molecule is C=C([S])CF. The maximum atomic E-state index is 10.9. The van der Waals surface area contributed by atoms with E-state index in [1.54, 1.807) is 0 Å². The summed E-state index contributed by atoms with van der Waals surface area (Å²) in [6.07, 6.45) is 0. The van der Waals surface area contributed by atoms with Crippen molar-refractivity contribution in [2.75, 3.05) is 6.67 Å². The molecule has 2 heteroatoms. The molecule has 0 aromatic rings. The van der Waals surface area contributed by atoms with Gasteiger partial charge < -0.3 is 0 Å². The lowest BCUT2D eigenvalue weighted by molar-refractivity contribution is 0.558. The third kappa shape index (κ3) is 3.89. The van der Waals surface area contributed by atoms with Crippen molar-refractivity contribution < 1.29 is 4.39 Å². The Bertz CT molecular complexity index is 42.2. The second-order valence-electron chi connectivity index (χ2n) is 0.672. The molecule has 0 aliphatic carbocycles. The van der Waals surface area contributed by atoms with Gasteiger partial charge in [-0.1, -0.05) is 19.2 Å². The minimum atomic E-state index is -0.574. The van der Waals surface area contributed by atoms with E-state index >= 15 is 0 Å². The van der Waals surface area contributed by atoms with E-state index in [1.165, 1.54) is 0 Å². The highest BCUT2D eigenvalue weighted by atomic mass is 32.1. The molecule has 0 aromatic heterocycles. The van der Waals surface area contributed by atoms with Crippen molar-refractivity contribution in [3.05, 3.63) is 11.5 Å². The molecule has 0 bridgehead atoms. The zero-order valence-corrected chi connectivity index (χ0v) is 3.52. The van der Waals surface area contributed by atoms with Gasteiger partial charge in [-0.05, 0) is 0 Å². The molecule has 0 fully saturated rings. The Kier molecular flexibility index (Phi) is 2.10. The van der Waals surface area contributed by atoms with Gasteiger partial charge in [-0.2, -0.15) is 0 Å². The molecule has 0 unspecified atom stereocenters. The van der Waals surface area contributed by atoms with E-state index in [0.29, 0.717) is 0 Å². The van der Waals surface area contributed by atoms with Gasteiger partial charge >= 0.3 is 0 Å². The van der Waals surface area contributed by atoms with Crippen molar-refractivity contribution in [1.29, 1.82) is 0 Å². The molecule has 0 atom stereocenters. The zero-order chi connectivity index (χ0) is 4.28. The predicted molar refractivity (Wildman–Crippen MR) is 22.7 cm³/mol. The first-order valence-corrected chi connectivity index (χ1v) is 1.59. The largest absolute Gasteiger partial charge is 0.245 e. The van der Waals surface area contributed by atoms with Crippen molar-refractivity contribution in [2.24, 2.45) is 0 Å². The smallest absolute Gasteiger partial charge is 0.124 e. The standard InChI is InChI=1S/C3H4FS/c1-3(5)2-4/h1-2H2. The minimum absolute atomic E-state index is 0.171. The predicted octanol–water partition coefficient (Wildman–Crippen LogP) is 1.67. The van der Waals surface area contributed by atoms with Crippen LogP contribution < -0.4 is 0 Å². The van der Waals surface area contributed by atoms with E-state index in [1.807, 2.05) is 0 Å². The maximum absolute atomic E-state index is 10.9. The summed E-state index contributed by atoms with van der Waals surface area (Å²) in [5, 5.41) is 0. The third-order valence-corrected chi connectivity index (χ3v) is 0.258. The fourth-order valence-electron chi connectivity index (χ4n) is 0. The second kappa shape index (κ2) is 2.15. The number of rotatable bonds is 1. The number of allylic oxidation sites excluding steroid dienone is 1.